The summed E-state index contributed by atoms with van der Waals surface area (Å²) in [6, 6.07) is 0. The van der Waals surface area contributed by atoms with Crippen molar-refractivity contribution in [3.8, 4) is 0 Å². The maximum atomic E-state index is 3.96. The smallest absolute Gasteiger partial charge is 0.177 e. The van der Waals surface area contributed by atoms with Gasteiger partial charge in [0.2, 0.25) is 0 Å². The van der Waals surface area contributed by atoms with Crippen LogP contribution in [0, 0.1) is 11.8 Å². The third-order valence-electron chi connectivity index (χ3n) is 2.39. The average molecular weight is 152 g/mol. The van der Waals surface area contributed by atoms with Crippen molar-refractivity contribution >= 4 is 0 Å². The molecule has 0 unspecified atom stereocenters. The largest absolute Gasteiger partial charge is 0.177 e. The third kappa shape index (κ3) is 1.13. The summed E-state index contributed by atoms with van der Waals surface area (Å²) in [4.78, 5) is 0. The molecule has 1 heterocycles. The van der Waals surface area contributed by atoms with Gasteiger partial charge >= 0.3 is 0 Å². The first-order valence-corrected chi connectivity index (χ1v) is 4.02. The molecular formula is C7H12N4. The van der Waals surface area contributed by atoms with Crippen molar-refractivity contribution in [1.29, 1.82) is 0 Å². The van der Waals surface area contributed by atoms with Crippen molar-refractivity contribution in [3.05, 3.63) is 5.82 Å². The van der Waals surface area contributed by atoms with E-state index in [1.807, 2.05) is 0 Å². The lowest BCUT2D eigenvalue weighted by Crippen LogP contribution is -1.93. The van der Waals surface area contributed by atoms with Crippen LogP contribution >= 0.6 is 0 Å². The van der Waals surface area contributed by atoms with Crippen LogP contribution in [-0.2, 0) is 0 Å². The molecule has 1 N–H and O–H groups in total. The van der Waals surface area contributed by atoms with Crippen LogP contribution in [0.1, 0.15) is 32.0 Å². The maximum absolute atomic E-state index is 3.96. The lowest BCUT2D eigenvalue weighted by molar-refractivity contribution is 0.543. The molecule has 0 amide bonds. The first kappa shape index (κ1) is 6.76. The van der Waals surface area contributed by atoms with E-state index in [1.165, 1.54) is 6.42 Å². The van der Waals surface area contributed by atoms with Crippen molar-refractivity contribution in [2.75, 3.05) is 0 Å². The van der Waals surface area contributed by atoms with Crippen LogP contribution in [0.2, 0.25) is 0 Å². The van der Waals surface area contributed by atoms with Crippen LogP contribution in [0.4, 0.5) is 0 Å². The monoisotopic (exact) mass is 152 g/mol. The van der Waals surface area contributed by atoms with Crippen LogP contribution in [0.3, 0.4) is 0 Å². The van der Waals surface area contributed by atoms with E-state index < -0.39 is 0 Å². The van der Waals surface area contributed by atoms with E-state index in [9.17, 15) is 0 Å². The second kappa shape index (κ2) is 2.29. The summed E-state index contributed by atoms with van der Waals surface area (Å²) in [5, 5.41) is 13.9. The number of aromatic nitrogens is 4. The van der Waals surface area contributed by atoms with Gasteiger partial charge in [0.25, 0.3) is 0 Å². The van der Waals surface area contributed by atoms with Gasteiger partial charge < -0.3 is 0 Å². The Morgan fingerprint density at radius 2 is 2.36 bits per heavy atom. The molecule has 0 spiro atoms. The Bertz CT molecular complexity index is 229. The summed E-state index contributed by atoms with van der Waals surface area (Å²) < 4.78 is 0. The first-order chi connectivity index (χ1) is 5.29. The van der Waals surface area contributed by atoms with Gasteiger partial charge in [0.05, 0.1) is 0 Å². The highest BCUT2D eigenvalue weighted by Gasteiger charge is 2.43. The zero-order chi connectivity index (χ0) is 7.84. The molecule has 1 saturated carbocycles. The Morgan fingerprint density at radius 3 is 2.82 bits per heavy atom. The molecule has 2 rings (SSSR count). The van der Waals surface area contributed by atoms with Crippen molar-refractivity contribution in [2.24, 2.45) is 11.8 Å². The van der Waals surface area contributed by atoms with Crippen LogP contribution in [0.5, 0.6) is 0 Å². The Labute approximate surface area is 65.4 Å². The van der Waals surface area contributed by atoms with E-state index >= 15 is 0 Å². The minimum Gasteiger partial charge on any atom is -0.177 e. The highest BCUT2D eigenvalue weighted by molar-refractivity contribution is 5.07. The summed E-state index contributed by atoms with van der Waals surface area (Å²) in [5.41, 5.74) is 0. The maximum Gasteiger partial charge on any atom is 0.177 e. The van der Waals surface area contributed by atoms with Crippen molar-refractivity contribution in [2.45, 2.75) is 26.2 Å². The number of hydrogen-bond donors (Lipinski definition) is 1. The predicted molar refractivity (Wildman–Crippen MR) is 39.9 cm³/mol. The molecular weight excluding hydrogens is 140 g/mol. The molecule has 0 bridgehead atoms. The molecule has 1 aromatic heterocycles. The van der Waals surface area contributed by atoms with Crippen LogP contribution in [-0.4, -0.2) is 20.6 Å². The molecule has 0 aliphatic heterocycles. The van der Waals surface area contributed by atoms with Gasteiger partial charge in [-0.1, -0.05) is 19.1 Å². The first-order valence-electron chi connectivity index (χ1n) is 4.02. The summed E-state index contributed by atoms with van der Waals surface area (Å²) in [7, 11) is 0. The van der Waals surface area contributed by atoms with Crippen molar-refractivity contribution in [3.63, 3.8) is 0 Å². The molecule has 60 valence electrons. The normalized spacial score (nSPS) is 29.4. The molecule has 0 radical (unpaired) electrons. The van der Waals surface area contributed by atoms with Gasteiger partial charge in [0.15, 0.2) is 5.82 Å². The van der Waals surface area contributed by atoms with E-state index in [0.29, 0.717) is 5.92 Å². The molecule has 1 fully saturated rings. The number of nitrogens with zero attached hydrogens (tertiary/aromatic N) is 3. The van der Waals surface area contributed by atoms with Crippen LogP contribution in [0.15, 0.2) is 0 Å². The summed E-state index contributed by atoms with van der Waals surface area (Å²) in [5.74, 6) is 3.00. The van der Waals surface area contributed by atoms with Gasteiger partial charge in [-0.25, -0.2) is 0 Å². The molecule has 1 aliphatic rings. The number of aromatic amines is 1. The molecule has 0 aromatic carbocycles. The summed E-state index contributed by atoms with van der Waals surface area (Å²) in [6.45, 7) is 4.48. The number of nitrogens with one attached hydrogen (secondary N) is 1. The van der Waals surface area contributed by atoms with E-state index in [-0.39, 0.29) is 0 Å². The molecule has 4 nitrogen and oxygen atoms in total. The van der Waals surface area contributed by atoms with E-state index in [1.54, 1.807) is 0 Å². The zero-order valence-electron chi connectivity index (χ0n) is 6.78. The average Bonchev–Trinajstić information content (AvgIpc) is 2.60. The second-order valence-corrected chi connectivity index (χ2v) is 3.52. The van der Waals surface area contributed by atoms with Crippen molar-refractivity contribution in [1.82, 2.24) is 20.6 Å². The quantitative estimate of drug-likeness (QED) is 0.686. The van der Waals surface area contributed by atoms with Gasteiger partial charge in [-0.05, 0) is 18.3 Å². The van der Waals surface area contributed by atoms with E-state index in [2.05, 4.69) is 34.5 Å². The highest BCUT2D eigenvalue weighted by atomic mass is 15.5. The number of rotatable bonds is 2. The number of hydrogen-bond acceptors (Lipinski definition) is 3. The zero-order valence-corrected chi connectivity index (χ0v) is 6.78. The minimum absolute atomic E-state index is 0.578. The van der Waals surface area contributed by atoms with Crippen LogP contribution in [0.25, 0.3) is 0 Å². The Morgan fingerprint density at radius 1 is 1.55 bits per heavy atom. The fourth-order valence-electron chi connectivity index (χ4n) is 1.57. The second-order valence-electron chi connectivity index (χ2n) is 3.52. The lowest BCUT2D eigenvalue weighted by atomic mass is 10.1. The van der Waals surface area contributed by atoms with Gasteiger partial charge in [-0.15, -0.1) is 10.2 Å². The van der Waals surface area contributed by atoms with Crippen molar-refractivity contribution < 1.29 is 0 Å². The van der Waals surface area contributed by atoms with Gasteiger partial charge in [0, 0.05) is 5.92 Å². The van der Waals surface area contributed by atoms with E-state index in [4.69, 9.17) is 0 Å². The Kier molecular flexibility index (Phi) is 1.41. The van der Waals surface area contributed by atoms with Crippen LogP contribution < -0.4 is 0 Å². The molecule has 4 heteroatoms. The molecule has 11 heavy (non-hydrogen) atoms. The van der Waals surface area contributed by atoms with Gasteiger partial charge in [0.1, 0.15) is 0 Å². The predicted octanol–water partition coefficient (Wildman–Crippen LogP) is 0.959. The van der Waals surface area contributed by atoms with E-state index in [0.717, 1.165) is 17.7 Å². The molecule has 1 aromatic rings. The lowest BCUT2D eigenvalue weighted by Gasteiger charge is -1.98. The Hall–Kier alpha value is -0.930. The fourth-order valence-corrected chi connectivity index (χ4v) is 1.57. The number of H-pyrrole nitrogens is 1. The number of tetrazole rings is 1. The minimum atomic E-state index is 0.578. The standard InChI is InChI=1S/C7H12N4/c1-4(2)5-3-6(5)7-8-10-11-9-7/h4-6H,3H2,1-2H3,(H,8,9,10,11)/t5-,6-/m1/s1. The molecule has 2 atom stereocenters. The molecule has 0 saturated heterocycles. The topological polar surface area (TPSA) is 54.5 Å². The molecule has 1 aliphatic carbocycles. The highest BCUT2D eigenvalue weighted by Crippen LogP contribution is 2.50. The Balaban J connectivity index is 2.02. The summed E-state index contributed by atoms with van der Waals surface area (Å²) >= 11 is 0. The van der Waals surface area contributed by atoms with Gasteiger partial charge in [-0.2, -0.15) is 5.21 Å². The SMILES string of the molecule is CC(C)[C@H]1C[C@H]1c1nn[nH]n1. The summed E-state index contributed by atoms with van der Waals surface area (Å²) in [6.07, 6.45) is 1.23. The van der Waals surface area contributed by atoms with Gasteiger partial charge in [-0.3, -0.25) is 0 Å². The fraction of sp³-hybridized carbons (Fsp3) is 0.857. The third-order valence-corrected chi connectivity index (χ3v) is 2.39.